The summed E-state index contributed by atoms with van der Waals surface area (Å²) < 4.78 is 0. The number of anilines is 1. The second-order valence-corrected chi connectivity index (χ2v) is 3.05. The molecule has 0 spiro atoms. The molecule has 0 unspecified atom stereocenters. The quantitative estimate of drug-likeness (QED) is 0.605. The third-order valence-electron chi connectivity index (χ3n) is 1.39. The highest BCUT2D eigenvalue weighted by atomic mass is 32.2. The van der Waals surface area contributed by atoms with E-state index < -0.39 is 0 Å². The fourth-order valence-electron chi connectivity index (χ4n) is 0.904. The lowest BCUT2D eigenvalue weighted by Crippen LogP contribution is -2.08. The van der Waals surface area contributed by atoms with E-state index in [0.29, 0.717) is 0 Å². The molecule has 1 aliphatic rings. The van der Waals surface area contributed by atoms with Gasteiger partial charge >= 0.3 is 0 Å². The first kappa shape index (κ1) is 5.97. The Balaban J connectivity index is 2.41. The van der Waals surface area contributed by atoms with Crippen LogP contribution in [0.2, 0.25) is 0 Å². The highest BCUT2D eigenvalue weighted by molar-refractivity contribution is 7.98. The zero-order valence-electron chi connectivity index (χ0n) is 5.37. The predicted octanol–water partition coefficient (Wildman–Crippen LogP) is 1.09. The Hall–Kier alpha value is -0.770. The molecule has 0 fully saturated rings. The summed E-state index contributed by atoms with van der Waals surface area (Å²) >= 11 is 1.85. The summed E-state index contributed by atoms with van der Waals surface area (Å²) in [5.74, 6) is 2.99. The SMILES string of the molecule is c1ncc2c(n1)NCSC2. The van der Waals surface area contributed by atoms with E-state index in [2.05, 4.69) is 15.3 Å². The lowest BCUT2D eigenvalue weighted by Gasteiger charge is -2.14. The van der Waals surface area contributed by atoms with Gasteiger partial charge in [-0.2, -0.15) is 0 Å². The maximum atomic E-state index is 4.08. The van der Waals surface area contributed by atoms with Gasteiger partial charge in [-0.05, 0) is 0 Å². The largest absolute Gasteiger partial charge is 0.361 e. The third kappa shape index (κ3) is 0.945. The second-order valence-electron chi connectivity index (χ2n) is 2.07. The Kier molecular flexibility index (Phi) is 1.47. The smallest absolute Gasteiger partial charge is 0.134 e. The van der Waals surface area contributed by atoms with Gasteiger partial charge in [0.2, 0.25) is 0 Å². The van der Waals surface area contributed by atoms with E-state index in [1.807, 2.05) is 18.0 Å². The van der Waals surface area contributed by atoms with Crippen molar-refractivity contribution >= 4 is 17.6 Å². The van der Waals surface area contributed by atoms with Crippen molar-refractivity contribution in [3.8, 4) is 0 Å². The van der Waals surface area contributed by atoms with E-state index in [0.717, 1.165) is 17.4 Å². The summed E-state index contributed by atoms with van der Waals surface area (Å²) in [6.07, 6.45) is 3.43. The molecule has 3 nitrogen and oxygen atoms in total. The van der Waals surface area contributed by atoms with Crippen LogP contribution in [0.25, 0.3) is 0 Å². The Morgan fingerprint density at radius 2 is 2.60 bits per heavy atom. The zero-order chi connectivity index (χ0) is 6.81. The Morgan fingerprint density at radius 3 is 3.50 bits per heavy atom. The molecule has 0 amide bonds. The van der Waals surface area contributed by atoms with Crippen LogP contribution < -0.4 is 5.32 Å². The molecule has 10 heavy (non-hydrogen) atoms. The van der Waals surface area contributed by atoms with Gasteiger partial charge in [-0.1, -0.05) is 0 Å². The average molecular weight is 153 g/mol. The number of nitrogens with one attached hydrogen (secondary N) is 1. The molecular formula is C6H7N3S. The van der Waals surface area contributed by atoms with Crippen LogP contribution in [0.15, 0.2) is 12.5 Å². The highest BCUT2D eigenvalue weighted by Gasteiger charge is 2.07. The van der Waals surface area contributed by atoms with Crippen molar-refractivity contribution in [3.05, 3.63) is 18.1 Å². The van der Waals surface area contributed by atoms with Gasteiger partial charge in [0.05, 0.1) is 5.88 Å². The number of fused-ring (bicyclic) bond motifs is 1. The van der Waals surface area contributed by atoms with E-state index in [1.54, 1.807) is 6.33 Å². The van der Waals surface area contributed by atoms with Crippen molar-refractivity contribution in [2.24, 2.45) is 0 Å². The summed E-state index contributed by atoms with van der Waals surface area (Å²) in [5, 5.41) is 3.17. The predicted molar refractivity (Wildman–Crippen MR) is 41.8 cm³/mol. The normalized spacial score (nSPS) is 15.6. The molecule has 52 valence electrons. The van der Waals surface area contributed by atoms with E-state index in [4.69, 9.17) is 0 Å². The topological polar surface area (TPSA) is 37.8 Å². The van der Waals surface area contributed by atoms with Gasteiger partial charge in [-0.3, -0.25) is 0 Å². The van der Waals surface area contributed by atoms with Gasteiger partial charge in [-0.15, -0.1) is 11.8 Å². The number of rotatable bonds is 0. The number of aromatic nitrogens is 2. The molecule has 0 saturated heterocycles. The molecule has 2 rings (SSSR count). The van der Waals surface area contributed by atoms with Crippen molar-refractivity contribution in [2.75, 3.05) is 11.2 Å². The fraction of sp³-hybridized carbons (Fsp3) is 0.333. The molecule has 0 atom stereocenters. The van der Waals surface area contributed by atoms with Crippen LogP contribution in [-0.2, 0) is 5.75 Å². The van der Waals surface area contributed by atoms with Crippen molar-refractivity contribution in [3.63, 3.8) is 0 Å². The minimum atomic E-state index is 0.962. The first-order valence-electron chi connectivity index (χ1n) is 3.07. The van der Waals surface area contributed by atoms with Gasteiger partial charge in [-0.25, -0.2) is 9.97 Å². The van der Waals surface area contributed by atoms with Crippen LogP contribution in [0.1, 0.15) is 5.56 Å². The molecule has 0 saturated carbocycles. The monoisotopic (exact) mass is 153 g/mol. The lowest BCUT2D eigenvalue weighted by molar-refractivity contribution is 1.10. The minimum absolute atomic E-state index is 0.962. The van der Waals surface area contributed by atoms with E-state index >= 15 is 0 Å². The minimum Gasteiger partial charge on any atom is -0.361 e. The maximum Gasteiger partial charge on any atom is 0.134 e. The van der Waals surface area contributed by atoms with Crippen LogP contribution in [0.3, 0.4) is 0 Å². The fourth-order valence-corrected chi connectivity index (χ4v) is 1.68. The second kappa shape index (κ2) is 2.46. The first-order valence-corrected chi connectivity index (χ1v) is 4.23. The van der Waals surface area contributed by atoms with Gasteiger partial charge in [0.15, 0.2) is 0 Å². The Labute approximate surface area is 63.3 Å². The average Bonchev–Trinajstić information content (AvgIpc) is 2.05. The van der Waals surface area contributed by atoms with Crippen LogP contribution in [0, 0.1) is 0 Å². The zero-order valence-corrected chi connectivity index (χ0v) is 6.19. The molecule has 2 heterocycles. The van der Waals surface area contributed by atoms with Crippen LogP contribution in [0.5, 0.6) is 0 Å². The molecular weight excluding hydrogens is 146 g/mol. The Morgan fingerprint density at radius 1 is 1.60 bits per heavy atom. The number of hydrogen-bond donors (Lipinski definition) is 1. The number of thioether (sulfide) groups is 1. The van der Waals surface area contributed by atoms with Crippen LogP contribution in [0.4, 0.5) is 5.82 Å². The first-order chi connectivity index (χ1) is 4.97. The highest BCUT2D eigenvalue weighted by Crippen LogP contribution is 2.22. The van der Waals surface area contributed by atoms with Gasteiger partial charge < -0.3 is 5.32 Å². The molecule has 1 N–H and O–H groups in total. The van der Waals surface area contributed by atoms with Crippen molar-refractivity contribution < 1.29 is 0 Å². The van der Waals surface area contributed by atoms with Gasteiger partial charge in [0.25, 0.3) is 0 Å². The summed E-state index contributed by atoms with van der Waals surface area (Å²) in [6.45, 7) is 0. The summed E-state index contributed by atoms with van der Waals surface area (Å²) in [5.41, 5.74) is 1.21. The molecule has 0 aromatic carbocycles. The summed E-state index contributed by atoms with van der Waals surface area (Å²) in [4.78, 5) is 8.02. The summed E-state index contributed by atoms with van der Waals surface area (Å²) in [6, 6.07) is 0. The van der Waals surface area contributed by atoms with Crippen molar-refractivity contribution in [1.82, 2.24) is 9.97 Å². The number of nitrogens with zero attached hydrogens (tertiary/aromatic N) is 2. The molecule has 4 heteroatoms. The van der Waals surface area contributed by atoms with E-state index in [9.17, 15) is 0 Å². The lowest BCUT2D eigenvalue weighted by atomic mass is 10.3. The molecule has 0 radical (unpaired) electrons. The number of hydrogen-bond acceptors (Lipinski definition) is 4. The molecule has 0 aliphatic carbocycles. The molecule has 0 bridgehead atoms. The van der Waals surface area contributed by atoms with Gasteiger partial charge in [0.1, 0.15) is 12.1 Å². The van der Waals surface area contributed by atoms with E-state index in [1.165, 1.54) is 5.56 Å². The van der Waals surface area contributed by atoms with Crippen LogP contribution >= 0.6 is 11.8 Å². The molecule has 1 aliphatic heterocycles. The van der Waals surface area contributed by atoms with Crippen molar-refractivity contribution in [1.29, 1.82) is 0 Å². The summed E-state index contributed by atoms with van der Waals surface area (Å²) in [7, 11) is 0. The Bertz CT molecular complexity index is 213. The molecule has 1 aromatic rings. The van der Waals surface area contributed by atoms with Gasteiger partial charge in [0, 0.05) is 17.5 Å². The maximum absolute atomic E-state index is 4.08. The third-order valence-corrected chi connectivity index (χ3v) is 2.25. The van der Waals surface area contributed by atoms with E-state index in [-0.39, 0.29) is 0 Å². The van der Waals surface area contributed by atoms with Crippen molar-refractivity contribution in [2.45, 2.75) is 5.75 Å². The molecule has 1 aromatic heterocycles. The van der Waals surface area contributed by atoms with Crippen LogP contribution in [-0.4, -0.2) is 15.8 Å². The standard InChI is InChI=1S/C6H7N3S/c1-5-2-10-4-9-6(5)8-3-7-1/h1,3H,2,4H2,(H,7,8,9).